The number of nitrogens with zero attached hydrogens (tertiary/aromatic N) is 1. The highest BCUT2D eigenvalue weighted by Crippen LogP contribution is 2.36. The zero-order valence-electron chi connectivity index (χ0n) is 14.5. The SMILES string of the molecule is CN1SC(C(=O)NCc2ccc(Cl)cc2)C(=O)c2cc(C#CCO)ccc21. The maximum atomic E-state index is 12.9. The molecule has 0 aromatic heterocycles. The first-order valence-corrected chi connectivity index (χ1v) is 9.41. The van der Waals surface area contributed by atoms with Gasteiger partial charge >= 0.3 is 0 Å². The van der Waals surface area contributed by atoms with Gasteiger partial charge in [0.2, 0.25) is 5.91 Å². The molecule has 2 aromatic rings. The van der Waals surface area contributed by atoms with Crippen molar-refractivity contribution in [2.24, 2.45) is 0 Å². The van der Waals surface area contributed by atoms with E-state index in [9.17, 15) is 9.59 Å². The third-order valence-corrected chi connectivity index (χ3v) is 5.44. The summed E-state index contributed by atoms with van der Waals surface area (Å²) >= 11 is 7.04. The number of anilines is 1. The monoisotopic (exact) mass is 400 g/mol. The minimum absolute atomic E-state index is 0.253. The molecule has 1 aliphatic rings. The molecular weight excluding hydrogens is 384 g/mol. The van der Waals surface area contributed by atoms with Gasteiger partial charge < -0.3 is 14.7 Å². The Labute approximate surface area is 166 Å². The van der Waals surface area contributed by atoms with Crippen molar-refractivity contribution in [3.05, 3.63) is 64.2 Å². The van der Waals surface area contributed by atoms with Gasteiger partial charge in [-0.05, 0) is 47.8 Å². The van der Waals surface area contributed by atoms with Crippen molar-refractivity contribution in [3.8, 4) is 11.8 Å². The van der Waals surface area contributed by atoms with E-state index >= 15 is 0 Å². The molecule has 0 spiro atoms. The average Bonchev–Trinajstić information content (AvgIpc) is 2.68. The Morgan fingerprint density at radius 2 is 2.04 bits per heavy atom. The number of Topliss-reactive ketones (excluding diaryl/α,β-unsaturated/α-hetero) is 1. The van der Waals surface area contributed by atoms with E-state index in [1.807, 2.05) is 23.5 Å². The smallest absolute Gasteiger partial charge is 0.243 e. The molecule has 2 aromatic carbocycles. The molecule has 0 saturated carbocycles. The molecule has 5 nitrogen and oxygen atoms in total. The molecule has 1 aliphatic heterocycles. The molecule has 2 N–H and O–H groups in total. The summed E-state index contributed by atoms with van der Waals surface area (Å²) in [5, 5.41) is 11.4. The first-order chi connectivity index (χ1) is 13.0. The van der Waals surface area contributed by atoms with Crippen LogP contribution in [0.5, 0.6) is 0 Å². The number of carbonyl (C=O) groups excluding carboxylic acids is 2. The second-order valence-electron chi connectivity index (χ2n) is 5.88. The number of fused-ring (bicyclic) bond motifs is 1. The van der Waals surface area contributed by atoms with Crippen LogP contribution >= 0.6 is 23.5 Å². The highest BCUT2D eigenvalue weighted by Gasteiger charge is 2.36. The minimum Gasteiger partial charge on any atom is -0.384 e. The second kappa shape index (κ2) is 8.49. The van der Waals surface area contributed by atoms with Gasteiger partial charge in [-0.2, -0.15) is 0 Å². The summed E-state index contributed by atoms with van der Waals surface area (Å²) in [5.41, 5.74) is 2.71. The third-order valence-electron chi connectivity index (χ3n) is 4.03. The van der Waals surface area contributed by atoms with Crippen molar-refractivity contribution in [3.63, 3.8) is 0 Å². The van der Waals surface area contributed by atoms with Crippen molar-refractivity contribution in [2.75, 3.05) is 18.0 Å². The summed E-state index contributed by atoms with van der Waals surface area (Å²) in [7, 11) is 1.81. The fourth-order valence-corrected chi connectivity index (χ4v) is 3.80. The molecule has 0 fully saturated rings. The fourth-order valence-electron chi connectivity index (χ4n) is 2.68. The van der Waals surface area contributed by atoms with Crippen molar-refractivity contribution < 1.29 is 14.7 Å². The molecule has 0 radical (unpaired) electrons. The largest absolute Gasteiger partial charge is 0.384 e. The van der Waals surface area contributed by atoms with Gasteiger partial charge in [-0.3, -0.25) is 9.59 Å². The van der Waals surface area contributed by atoms with E-state index in [1.54, 1.807) is 30.3 Å². The first-order valence-electron chi connectivity index (χ1n) is 8.20. The lowest BCUT2D eigenvalue weighted by Crippen LogP contribution is -2.42. The Morgan fingerprint density at radius 1 is 1.30 bits per heavy atom. The van der Waals surface area contributed by atoms with Gasteiger partial charge in [-0.1, -0.05) is 35.6 Å². The van der Waals surface area contributed by atoms with E-state index < -0.39 is 5.25 Å². The standard InChI is InChI=1S/C20H17ClN2O3S/c1-23-17-9-6-13(3-2-10-24)11-16(17)18(25)19(27-23)20(26)22-12-14-4-7-15(21)8-5-14/h4-9,11,19,24H,10,12H2,1H3,(H,22,26). The topological polar surface area (TPSA) is 69.6 Å². The Morgan fingerprint density at radius 3 is 2.74 bits per heavy atom. The molecule has 1 amide bonds. The number of ketones is 1. The van der Waals surface area contributed by atoms with Crippen LogP contribution in [-0.4, -0.2) is 35.7 Å². The van der Waals surface area contributed by atoms with Crippen molar-refractivity contribution in [1.82, 2.24) is 5.32 Å². The highest BCUT2D eigenvalue weighted by molar-refractivity contribution is 8.02. The van der Waals surface area contributed by atoms with Gasteiger partial charge in [0.1, 0.15) is 6.61 Å². The highest BCUT2D eigenvalue weighted by atomic mass is 35.5. The average molecular weight is 401 g/mol. The van der Waals surface area contributed by atoms with E-state index in [0.717, 1.165) is 11.3 Å². The second-order valence-corrected chi connectivity index (χ2v) is 7.55. The number of nitrogens with one attached hydrogen (secondary N) is 1. The minimum atomic E-state index is -0.865. The molecule has 1 atom stereocenters. The zero-order chi connectivity index (χ0) is 19.4. The molecule has 7 heteroatoms. The molecule has 1 heterocycles. The van der Waals surface area contributed by atoms with Gasteiger partial charge in [-0.15, -0.1) is 0 Å². The summed E-state index contributed by atoms with van der Waals surface area (Å²) in [6, 6.07) is 12.4. The van der Waals surface area contributed by atoms with Crippen LogP contribution in [0.1, 0.15) is 21.5 Å². The van der Waals surface area contributed by atoms with Crippen LogP contribution in [0.15, 0.2) is 42.5 Å². The van der Waals surface area contributed by atoms with E-state index in [1.165, 1.54) is 11.9 Å². The van der Waals surface area contributed by atoms with Gasteiger partial charge in [0, 0.05) is 29.7 Å². The van der Waals surface area contributed by atoms with Crippen LogP contribution < -0.4 is 9.62 Å². The lowest BCUT2D eigenvalue weighted by atomic mass is 10.0. The Hall–Kier alpha value is -2.46. The molecule has 27 heavy (non-hydrogen) atoms. The lowest BCUT2D eigenvalue weighted by molar-refractivity contribution is -0.119. The van der Waals surface area contributed by atoms with Crippen molar-refractivity contribution >= 4 is 40.9 Å². The lowest BCUT2D eigenvalue weighted by Gasteiger charge is -2.30. The summed E-state index contributed by atoms with van der Waals surface area (Å²) < 4.78 is 1.81. The van der Waals surface area contributed by atoms with Gasteiger partial charge in [0.25, 0.3) is 0 Å². The number of carbonyl (C=O) groups is 2. The first kappa shape index (κ1) is 19.3. The summed E-state index contributed by atoms with van der Waals surface area (Å²) in [5.74, 6) is 4.75. The van der Waals surface area contributed by atoms with Gasteiger partial charge in [-0.25, -0.2) is 0 Å². The maximum absolute atomic E-state index is 12.9. The molecule has 1 unspecified atom stereocenters. The maximum Gasteiger partial charge on any atom is 0.243 e. The quantitative estimate of drug-likeness (QED) is 0.471. The van der Waals surface area contributed by atoms with Crippen LogP contribution in [0.25, 0.3) is 0 Å². The van der Waals surface area contributed by atoms with Crippen LogP contribution in [0.3, 0.4) is 0 Å². The number of hydrogen-bond acceptors (Lipinski definition) is 5. The number of halogens is 1. The number of rotatable bonds is 3. The normalized spacial score (nSPS) is 15.6. The zero-order valence-corrected chi connectivity index (χ0v) is 16.1. The molecular formula is C20H17ClN2O3S. The molecule has 0 saturated heterocycles. The van der Waals surface area contributed by atoms with Crippen LogP contribution in [-0.2, 0) is 11.3 Å². The van der Waals surface area contributed by atoms with Crippen LogP contribution in [0.4, 0.5) is 5.69 Å². The molecule has 0 bridgehead atoms. The molecule has 3 rings (SSSR count). The number of aliphatic hydroxyl groups is 1. The Bertz CT molecular complexity index is 934. The number of aliphatic hydroxyl groups excluding tert-OH is 1. The van der Waals surface area contributed by atoms with Crippen LogP contribution in [0.2, 0.25) is 5.02 Å². The summed E-state index contributed by atoms with van der Waals surface area (Å²) in [4.78, 5) is 25.5. The molecule has 0 aliphatic carbocycles. The number of hydrogen-bond donors (Lipinski definition) is 2. The third kappa shape index (κ3) is 4.45. The van der Waals surface area contributed by atoms with Crippen molar-refractivity contribution in [2.45, 2.75) is 11.8 Å². The summed E-state index contributed by atoms with van der Waals surface area (Å²) in [6.45, 7) is 0.0649. The molecule has 138 valence electrons. The fraction of sp³-hybridized carbons (Fsp3) is 0.200. The van der Waals surface area contributed by atoms with Gasteiger partial charge in [0.05, 0.1) is 5.69 Å². The summed E-state index contributed by atoms with van der Waals surface area (Å²) in [6.07, 6.45) is 0. The van der Waals surface area contributed by atoms with E-state index in [0.29, 0.717) is 22.7 Å². The number of benzene rings is 2. The number of amides is 1. The predicted molar refractivity (Wildman–Crippen MR) is 108 cm³/mol. The van der Waals surface area contributed by atoms with E-state index in [2.05, 4.69) is 17.2 Å². The van der Waals surface area contributed by atoms with Crippen LogP contribution in [0, 0.1) is 11.8 Å². The predicted octanol–water partition coefficient (Wildman–Crippen LogP) is 2.65. The Balaban J connectivity index is 1.76. The van der Waals surface area contributed by atoms with Crippen molar-refractivity contribution in [1.29, 1.82) is 0 Å². The Kier molecular flexibility index (Phi) is 6.07. The van der Waals surface area contributed by atoms with E-state index in [4.69, 9.17) is 16.7 Å². The van der Waals surface area contributed by atoms with E-state index in [-0.39, 0.29) is 18.3 Å². The van der Waals surface area contributed by atoms with Gasteiger partial charge in [0.15, 0.2) is 11.0 Å².